The summed E-state index contributed by atoms with van der Waals surface area (Å²) in [6, 6.07) is 39.9. The Morgan fingerprint density at radius 1 is 0.621 bits per heavy atom. The van der Waals surface area contributed by atoms with Crippen LogP contribution in [-0.4, -0.2) is 133 Å². The second-order valence-electron chi connectivity index (χ2n) is 26.8. The topological polar surface area (TPSA) is 219 Å². The van der Waals surface area contributed by atoms with Gasteiger partial charge in [0, 0.05) is 96.9 Å². The Kier molecular flexibility index (Phi) is 20.2. The summed E-state index contributed by atoms with van der Waals surface area (Å²) in [4.78, 5) is 81.9. The van der Waals surface area contributed by atoms with Crippen LogP contribution in [0.3, 0.4) is 0 Å². The van der Waals surface area contributed by atoms with E-state index in [1.807, 2.05) is 123 Å². The van der Waals surface area contributed by atoms with Crippen molar-refractivity contribution in [2.24, 2.45) is 4.99 Å². The number of aliphatic imine (C=N–C) groups is 1. The van der Waals surface area contributed by atoms with Crippen molar-refractivity contribution >= 4 is 103 Å². The molecule has 2 N–H and O–H groups in total. The number of ether oxygens (including phenoxy) is 7. The number of anilines is 3. The van der Waals surface area contributed by atoms with Gasteiger partial charge in [0.15, 0.2) is 35.5 Å². The van der Waals surface area contributed by atoms with E-state index in [1.165, 1.54) is 18.1 Å². The van der Waals surface area contributed by atoms with Gasteiger partial charge < -0.3 is 63.0 Å². The molecule has 7 aliphatic heterocycles. The molecule has 2 unspecified atom stereocenters. The van der Waals surface area contributed by atoms with Crippen molar-refractivity contribution in [1.29, 1.82) is 0 Å². The molecule has 103 heavy (non-hydrogen) atoms. The maximum absolute atomic E-state index is 14.3. The number of phenolic OH excluding ortho intramolecular Hbond substituents is 2. The van der Waals surface area contributed by atoms with Crippen LogP contribution in [0.15, 0.2) is 175 Å². The average Bonchev–Trinajstić information content (AvgIpc) is 1.63. The number of rotatable bonds is 18. The molecule has 8 aromatic carbocycles. The molecule has 0 bridgehead atoms. The van der Waals surface area contributed by atoms with Crippen molar-refractivity contribution < 1.29 is 67.3 Å². The highest BCUT2D eigenvalue weighted by molar-refractivity contribution is 6.20. The van der Waals surface area contributed by atoms with Crippen LogP contribution in [0.5, 0.6) is 34.5 Å². The van der Waals surface area contributed by atoms with Crippen LogP contribution in [0, 0.1) is 0 Å². The first-order chi connectivity index (χ1) is 50.0. The first kappa shape index (κ1) is 69.7. The Labute approximate surface area is 606 Å². The number of phenols is 2. The van der Waals surface area contributed by atoms with Crippen molar-refractivity contribution in [2.45, 2.75) is 108 Å². The number of amides is 5. The smallest absolute Gasteiger partial charge is 0.416 e. The van der Waals surface area contributed by atoms with Crippen molar-refractivity contribution in [3.8, 4) is 34.5 Å². The predicted octanol–water partition coefficient (Wildman–Crippen LogP) is 15.1. The summed E-state index contributed by atoms with van der Waals surface area (Å²) >= 11 is 12.8. The number of aromatic hydroxyl groups is 2. The highest BCUT2D eigenvalue weighted by atomic mass is 35.5. The largest absolute Gasteiger partial charge is 0.507 e. The first-order valence-electron chi connectivity index (χ1n) is 34.5. The quantitative estimate of drug-likeness (QED) is 0.0603. The summed E-state index contributed by atoms with van der Waals surface area (Å²) in [5.41, 5.74) is 10.2. The molecule has 1 saturated heterocycles. The van der Waals surface area contributed by atoms with Gasteiger partial charge in [-0.25, -0.2) is 9.69 Å². The number of fused-ring (bicyclic) bond motifs is 10. The van der Waals surface area contributed by atoms with Gasteiger partial charge in [0.1, 0.15) is 31.3 Å². The summed E-state index contributed by atoms with van der Waals surface area (Å²) in [5, 5.41) is 24.9. The van der Waals surface area contributed by atoms with Gasteiger partial charge in [-0.2, -0.15) is 0 Å². The first-order valence-corrected chi connectivity index (χ1v) is 35.6. The van der Waals surface area contributed by atoms with Crippen LogP contribution in [-0.2, 0) is 49.9 Å². The Balaban J connectivity index is 0.000000180. The van der Waals surface area contributed by atoms with Crippen molar-refractivity contribution in [3.05, 3.63) is 214 Å². The van der Waals surface area contributed by atoms with Gasteiger partial charge >= 0.3 is 6.09 Å². The molecule has 0 radical (unpaired) electrons. The van der Waals surface area contributed by atoms with Gasteiger partial charge in [0.25, 0.3) is 11.8 Å². The number of benzene rings is 8. The molecular weight excluding hydrogens is 1350 g/mol. The van der Waals surface area contributed by atoms with Gasteiger partial charge in [-0.05, 0) is 102 Å². The molecule has 7 heterocycles. The van der Waals surface area contributed by atoms with Gasteiger partial charge in [0.05, 0.1) is 73.0 Å². The molecule has 6 atom stereocenters. The fourth-order valence-electron chi connectivity index (χ4n) is 15.1. The van der Waals surface area contributed by atoms with Gasteiger partial charge in [-0.1, -0.05) is 121 Å². The molecular formula is C81H78Cl2N6O14. The van der Waals surface area contributed by atoms with E-state index in [0.717, 1.165) is 85.3 Å². The third-order valence-corrected chi connectivity index (χ3v) is 20.7. The van der Waals surface area contributed by atoms with Gasteiger partial charge in [-0.3, -0.25) is 24.2 Å². The van der Waals surface area contributed by atoms with Crippen molar-refractivity contribution in [2.75, 3.05) is 67.0 Å². The standard InChI is InChI=1S/C45H46ClN3O9.C36H32ClN3O5/c1-4-15-56-45(53)49-34-22-39(38(54-3)20-33(34)43(52)48-24-27(2)17-36(48)44(49)58-41-14-7-8-16-55-41)57-26-29-11-9-10-28(18-29)19-40(51)47-25-30(23-46)42-32-13-6-5-12-31(32)37(50)21-35(42)47;1-21-10-25-17-38-29-14-33(32(44-2)13-28(29)36(43)39(25)18-21)45-20-23-7-5-6-22(11-23)12-34(42)40-19-24(16-37)35-27-9-4-3-8-26(27)31(41)15-30(35)40/h4-6,9-13,18,20-22,24,30,36,41,44,50H,1,7-8,14-17,19,23,25-26H2,2-3H3;3-9,11,13-15,17-18,24-25,41H,10,12,16,19-20H2,1-2H3/t30-,36+,41?,44?;24-,25+/m11/s1. The monoisotopic (exact) mass is 1430 g/mol. The Morgan fingerprint density at radius 3 is 1.71 bits per heavy atom. The summed E-state index contributed by atoms with van der Waals surface area (Å²) in [6.07, 6.45) is 8.75. The minimum Gasteiger partial charge on any atom is -0.507 e. The number of nitrogens with zero attached hydrogens (tertiary/aromatic N) is 6. The molecule has 22 heteroatoms. The fraction of sp³-hybridized carbons (Fsp3) is 0.309. The lowest BCUT2D eigenvalue weighted by molar-refractivity contribution is -0.195. The highest BCUT2D eigenvalue weighted by Gasteiger charge is 2.48. The molecule has 0 saturated carbocycles. The number of carbonyl (C=O) groups is 5. The van der Waals surface area contributed by atoms with E-state index in [2.05, 4.69) is 11.6 Å². The van der Waals surface area contributed by atoms with Crippen LogP contribution < -0.4 is 33.6 Å². The third kappa shape index (κ3) is 13.8. The van der Waals surface area contributed by atoms with Crippen LogP contribution in [0.2, 0.25) is 0 Å². The summed E-state index contributed by atoms with van der Waals surface area (Å²) in [5.74, 6) is 1.74. The zero-order chi connectivity index (χ0) is 71.7. The van der Waals surface area contributed by atoms with E-state index in [0.29, 0.717) is 84.2 Å². The van der Waals surface area contributed by atoms with Crippen LogP contribution in [0.25, 0.3) is 21.5 Å². The lowest BCUT2D eigenvalue weighted by Crippen LogP contribution is -2.53. The highest BCUT2D eigenvalue weighted by Crippen LogP contribution is 2.49. The Morgan fingerprint density at radius 2 is 1.16 bits per heavy atom. The summed E-state index contributed by atoms with van der Waals surface area (Å²) < 4.78 is 42.1. The van der Waals surface area contributed by atoms with E-state index in [9.17, 15) is 34.2 Å². The van der Waals surface area contributed by atoms with E-state index in [1.54, 1.807) is 69.3 Å². The van der Waals surface area contributed by atoms with Crippen molar-refractivity contribution in [1.82, 2.24) is 9.80 Å². The zero-order valence-electron chi connectivity index (χ0n) is 57.5. The minimum absolute atomic E-state index is 0.0243. The number of hydrogen-bond donors (Lipinski definition) is 2. The van der Waals surface area contributed by atoms with E-state index in [-0.39, 0.29) is 103 Å². The molecule has 0 aliphatic carbocycles. The summed E-state index contributed by atoms with van der Waals surface area (Å²) in [6.45, 7) is 9.33. The maximum Gasteiger partial charge on any atom is 0.416 e. The van der Waals surface area contributed by atoms with Crippen LogP contribution in [0.1, 0.15) is 112 Å². The molecule has 0 spiro atoms. The van der Waals surface area contributed by atoms with Crippen molar-refractivity contribution in [3.63, 3.8) is 0 Å². The molecule has 1 fully saturated rings. The maximum atomic E-state index is 14.3. The number of alkyl halides is 2. The molecule has 0 aromatic heterocycles. The molecule has 8 aromatic rings. The van der Waals surface area contributed by atoms with Crippen LogP contribution in [0.4, 0.5) is 27.5 Å². The van der Waals surface area contributed by atoms with E-state index >= 15 is 0 Å². The molecule has 20 nitrogen and oxygen atoms in total. The number of carbonyl (C=O) groups excluding carboxylic acids is 5. The number of methoxy groups -OCH3 is 2. The molecule has 7 aliphatic rings. The fourth-order valence-corrected chi connectivity index (χ4v) is 15.6. The van der Waals surface area contributed by atoms with E-state index in [4.69, 9.17) is 56.4 Å². The molecule has 530 valence electrons. The van der Waals surface area contributed by atoms with Crippen LogP contribution >= 0.6 is 23.2 Å². The lowest BCUT2D eigenvalue weighted by Gasteiger charge is -2.38. The zero-order valence-corrected chi connectivity index (χ0v) is 59.0. The number of halogens is 2. The predicted molar refractivity (Wildman–Crippen MR) is 395 cm³/mol. The number of hydrogen-bond acceptors (Lipinski definition) is 15. The summed E-state index contributed by atoms with van der Waals surface area (Å²) in [7, 11) is 3.03. The third-order valence-electron chi connectivity index (χ3n) is 19.9. The Hall–Kier alpha value is -10.4. The lowest BCUT2D eigenvalue weighted by atomic mass is 9.95. The average molecular weight is 1430 g/mol. The second kappa shape index (κ2) is 29.9. The molecule has 5 amide bonds. The van der Waals surface area contributed by atoms with E-state index < -0.39 is 24.7 Å². The molecule has 15 rings (SSSR count). The Bertz CT molecular complexity index is 4800. The van der Waals surface area contributed by atoms with Gasteiger partial charge in [-0.15, -0.1) is 23.2 Å². The SMILES string of the molecule is C=CCOC(=O)N1c2cc(OCc3cccc(CC(=O)N4C[C@@H](CCl)c5c4cc(O)c4ccccc54)c3)c(OC)cc2C(=O)N2C=C(C)C[C@H]2C1OC1CCCCO1.COc1cc2c(cc1OCc1cccc(CC(=O)N3C[C@@H](CCl)c4c3cc(O)c3ccccc43)c1)N=C[C@@H]1CC(C)=CN1C2=O. The second-order valence-corrected chi connectivity index (χ2v) is 27.4. The van der Waals surface area contributed by atoms with Gasteiger partial charge in [0.2, 0.25) is 11.8 Å². The normalized spacial score (nSPS) is 20.0. The minimum atomic E-state index is -0.945.